The molecule has 1 atom stereocenters. The van der Waals surface area contributed by atoms with Crippen LogP contribution in [0.15, 0.2) is 16.7 Å². The molecular formula is C22H32N2O. The first-order valence-corrected chi connectivity index (χ1v) is 9.76. The Balaban J connectivity index is 1.48. The fourth-order valence-electron chi connectivity index (χ4n) is 4.49. The van der Waals surface area contributed by atoms with Crippen LogP contribution >= 0.6 is 0 Å². The molecule has 0 spiro atoms. The van der Waals surface area contributed by atoms with Gasteiger partial charge in [-0.3, -0.25) is 0 Å². The largest absolute Gasteiger partial charge is 0.356 e. The van der Waals surface area contributed by atoms with Crippen LogP contribution in [0.5, 0.6) is 0 Å². The van der Waals surface area contributed by atoms with E-state index in [1.807, 2.05) is 0 Å². The van der Waals surface area contributed by atoms with Crippen LogP contribution in [0.4, 0.5) is 0 Å². The summed E-state index contributed by atoms with van der Waals surface area (Å²) >= 11 is 0. The Morgan fingerprint density at radius 3 is 2.44 bits per heavy atom. The molecule has 25 heavy (non-hydrogen) atoms. The summed E-state index contributed by atoms with van der Waals surface area (Å²) in [6.07, 6.45) is 2.33. The molecule has 0 radical (unpaired) electrons. The first-order valence-electron chi connectivity index (χ1n) is 9.76. The molecule has 0 N–H and O–H groups in total. The number of fused-ring (bicyclic) bond motifs is 3. The van der Waals surface area contributed by atoms with Gasteiger partial charge >= 0.3 is 0 Å². The summed E-state index contributed by atoms with van der Waals surface area (Å²) in [5.41, 5.74) is 5.49. The Morgan fingerprint density at radius 1 is 1.08 bits per heavy atom. The number of nitrogens with zero attached hydrogens (tertiary/aromatic N) is 2. The van der Waals surface area contributed by atoms with Gasteiger partial charge in [-0.25, -0.2) is 0 Å². The summed E-state index contributed by atoms with van der Waals surface area (Å²) < 4.78 is 5.81. The first kappa shape index (κ1) is 17.1. The van der Waals surface area contributed by atoms with Crippen molar-refractivity contribution in [3.05, 3.63) is 29.0 Å². The highest BCUT2D eigenvalue weighted by molar-refractivity contribution is 5.85. The predicted octanol–water partition coefficient (Wildman–Crippen LogP) is 4.82. The molecular weight excluding hydrogens is 308 g/mol. The van der Waals surface area contributed by atoms with E-state index in [2.05, 4.69) is 63.7 Å². The van der Waals surface area contributed by atoms with Gasteiger partial charge in [0.2, 0.25) is 0 Å². The summed E-state index contributed by atoms with van der Waals surface area (Å²) in [4.78, 5) is 2.64. The van der Waals surface area contributed by atoms with Gasteiger partial charge in [0.05, 0.1) is 5.69 Å². The maximum Gasteiger partial charge on any atom is 0.170 e. The van der Waals surface area contributed by atoms with Crippen LogP contribution in [0.1, 0.15) is 58.4 Å². The smallest absolute Gasteiger partial charge is 0.170 e. The maximum atomic E-state index is 5.81. The lowest BCUT2D eigenvalue weighted by atomic mass is 9.75. The molecule has 136 valence electrons. The molecule has 0 bridgehead atoms. The number of benzene rings is 1. The highest BCUT2D eigenvalue weighted by Crippen LogP contribution is 2.39. The number of hydrogen-bond acceptors (Lipinski definition) is 3. The van der Waals surface area contributed by atoms with Gasteiger partial charge in [-0.1, -0.05) is 52.8 Å². The van der Waals surface area contributed by atoms with Gasteiger partial charge in [0.15, 0.2) is 5.58 Å². The Labute approximate surface area is 151 Å². The van der Waals surface area contributed by atoms with E-state index in [-0.39, 0.29) is 5.41 Å². The number of rotatable bonds is 2. The minimum atomic E-state index is 0.0249. The third kappa shape index (κ3) is 3.01. The van der Waals surface area contributed by atoms with E-state index in [1.54, 1.807) is 0 Å². The van der Waals surface area contributed by atoms with Crippen LogP contribution in [-0.4, -0.2) is 29.7 Å². The monoisotopic (exact) mass is 340 g/mol. The molecule has 1 aliphatic carbocycles. The van der Waals surface area contributed by atoms with Gasteiger partial charge in [-0.2, -0.15) is 0 Å². The molecule has 1 aliphatic heterocycles. The lowest BCUT2D eigenvalue weighted by Gasteiger charge is -2.47. The van der Waals surface area contributed by atoms with Gasteiger partial charge in [-0.05, 0) is 41.7 Å². The Kier molecular flexibility index (Phi) is 3.81. The molecule has 1 saturated heterocycles. The fourth-order valence-corrected chi connectivity index (χ4v) is 4.49. The SMILES string of the molecule is CC(C)(C)c1noc2c3c(ccc12)C[C@@H](CN1CC(C(C)(C)C)C1)C3. The fraction of sp³-hybridized carbons (Fsp3) is 0.682. The van der Waals surface area contributed by atoms with E-state index in [1.165, 1.54) is 42.6 Å². The topological polar surface area (TPSA) is 29.3 Å². The minimum Gasteiger partial charge on any atom is -0.356 e. The second-order valence-corrected chi connectivity index (χ2v) is 10.4. The van der Waals surface area contributed by atoms with Gasteiger partial charge in [0.25, 0.3) is 0 Å². The van der Waals surface area contributed by atoms with E-state index >= 15 is 0 Å². The second kappa shape index (κ2) is 5.57. The van der Waals surface area contributed by atoms with Crippen molar-refractivity contribution in [2.24, 2.45) is 17.3 Å². The summed E-state index contributed by atoms with van der Waals surface area (Å²) in [5.74, 6) is 1.58. The van der Waals surface area contributed by atoms with Crippen molar-refractivity contribution in [3.63, 3.8) is 0 Å². The summed E-state index contributed by atoms with van der Waals surface area (Å²) in [6.45, 7) is 17.5. The molecule has 0 saturated carbocycles. The van der Waals surface area contributed by atoms with Crippen LogP contribution in [0.25, 0.3) is 11.0 Å². The van der Waals surface area contributed by atoms with E-state index < -0.39 is 0 Å². The molecule has 0 amide bonds. The average molecular weight is 341 g/mol. The lowest BCUT2D eigenvalue weighted by molar-refractivity contribution is 0.0149. The molecule has 2 heterocycles. The van der Waals surface area contributed by atoms with Crippen molar-refractivity contribution in [1.82, 2.24) is 10.1 Å². The molecule has 1 aromatic heterocycles. The highest BCUT2D eigenvalue weighted by atomic mass is 16.5. The van der Waals surface area contributed by atoms with Gasteiger partial charge in [-0.15, -0.1) is 0 Å². The maximum absolute atomic E-state index is 5.81. The molecule has 0 unspecified atom stereocenters. The van der Waals surface area contributed by atoms with Crippen LogP contribution < -0.4 is 0 Å². The van der Waals surface area contributed by atoms with Crippen LogP contribution in [-0.2, 0) is 18.3 Å². The molecule has 1 aromatic carbocycles. The Morgan fingerprint density at radius 2 is 1.80 bits per heavy atom. The predicted molar refractivity (Wildman–Crippen MR) is 103 cm³/mol. The van der Waals surface area contributed by atoms with Gasteiger partial charge < -0.3 is 9.42 Å². The minimum absolute atomic E-state index is 0.0249. The summed E-state index contributed by atoms with van der Waals surface area (Å²) in [6, 6.07) is 4.55. The van der Waals surface area contributed by atoms with E-state index in [0.29, 0.717) is 5.41 Å². The zero-order valence-electron chi connectivity index (χ0n) is 16.6. The molecule has 3 nitrogen and oxygen atoms in total. The van der Waals surface area contributed by atoms with Gasteiger partial charge in [0, 0.05) is 36.0 Å². The Hall–Kier alpha value is -1.35. The Bertz CT molecular complexity index is 785. The highest BCUT2D eigenvalue weighted by Gasteiger charge is 2.37. The first-order chi connectivity index (χ1) is 11.6. The molecule has 1 fully saturated rings. The molecule has 2 aromatic rings. The zero-order chi connectivity index (χ0) is 18.0. The number of likely N-dealkylation sites (tertiary alicyclic amines) is 1. The van der Waals surface area contributed by atoms with Crippen LogP contribution in [0.2, 0.25) is 0 Å². The molecule has 2 aliphatic rings. The number of aromatic nitrogens is 1. The van der Waals surface area contributed by atoms with Crippen molar-refractivity contribution >= 4 is 11.0 Å². The number of hydrogen-bond donors (Lipinski definition) is 0. The second-order valence-electron chi connectivity index (χ2n) is 10.4. The standard InChI is InChI=1S/C22H32N2O/c1-21(2,3)16-12-24(13-16)11-14-9-15-7-8-17-19(18(15)10-14)25-23-20(17)22(4,5)6/h7-8,14,16H,9-13H2,1-6H3/t14-/m1/s1. The quantitative estimate of drug-likeness (QED) is 0.785. The van der Waals surface area contributed by atoms with Crippen LogP contribution in [0.3, 0.4) is 0 Å². The van der Waals surface area contributed by atoms with Crippen LogP contribution in [0, 0.1) is 17.3 Å². The molecule has 4 rings (SSSR count). The normalized spacial score (nSPS) is 22.4. The van der Waals surface area contributed by atoms with E-state index in [0.717, 1.165) is 29.5 Å². The van der Waals surface area contributed by atoms with Crippen molar-refractivity contribution < 1.29 is 4.52 Å². The van der Waals surface area contributed by atoms with Crippen molar-refractivity contribution in [2.45, 2.75) is 59.8 Å². The third-order valence-corrected chi connectivity index (χ3v) is 6.25. The van der Waals surface area contributed by atoms with E-state index in [9.17, 15) is 0 Å². The van der Waals surface area contributed by atoms with Crippen molar-refractivity contribution in [2.75, 3.05) is 19.6 Å². The van der Waals surface area contributed by atoms with E-state index in [4.69, 9.17) is 4.52 Å². The van der Waals surface area contributed by atoms with Gasteiger partial charge in [0.1, 0.15) is 0 Å². The van der Waals surface area contributed by atoms with Crippen molar-refractivity contribution in [1.29, 1.82) is 0 Å². The summed E-state index contributed by atoms with van der Waals surface area (Å²) in [7, 11) is 0. The lowest BCUT2D eigenvalue weighted by Crippen LogP contribution is -2.53. The average Bonchev–Trinajstić information content (AvgIpc) is 3.02. The van der Waals surface area contributed by atoms with Crippen molar-refractivity contribution in [3.8, 4) is 0 Å². The zero-order valence-corrected chi connectivity index (χ0v) is 16.6. The third-order valence-electron chi connectivity index (χ3n) is 6.25. The molecule has 3 heteroatoms. The summed E-state index contributed by atoms with van der Waals surface area (Å²) in [5, 5.41) is 5.62.